The molecule has 0 spiro atoms. The smallest absolute Gasteiger partial charge is 0.260 e. The summed E-state index contributed by atoms with van der Waals surface area (Å²) in [5.74, 6) is 1.65. The van der Waals surface area contributed by atoms with Crippen molar-refractivity contribution in [2.45, 2.75) is 32.6 Å². The number of carbonyl (C=O) groups excluding carboxylic acids is 1. The molecule has 1 aliphatic heterocycles. The Morgan fingerprint density at radius 3 is 2.64 bits per heavy atom. The molecule has 2 aromatic carbocycles. The standard InChI is InChI=1S/C22H24FN3O2/c1-14-4-3-5-15(2)21(14)28-13-20(27)26-10-8-16(9-11-26)22-24-18-7-6-17(23)12-19(18)25-22/h3-7,12,16H,8-11,13H2,1-2H3,(H,24,25). The second-order valence-electron chi connectivity index (χ2n) is 7.45. The third-order valence-corrected chi connectivity index (χ3v) is 5.45. The van der Waals surface area contributed by atoms with E-state index in [1.54, 1.807) is 6.07 Å². The number of hydrogen-bond acceptors (Lipinski definition) is 3. The average Bonchev–Trinajstić information content (AvgIpc) is 3.10. The molecule has 28 heavy (non-hydrogen) atoms. The van der Waals surface area contributed by atoms with Crippen LogP contribution in [-0.2, 0) is 4.79 Å². The van der Waals surface area contributed by atoms with Crippen molar-refractivity contribution in [3.8, 4) is 5.75 Å². The van der Waals surface area contributed by atoms with Gasteiger partial charge < -0.3 is 14.6 Å². The third kappa shape index (κ3) is 3.72. The molecule has 0 radical (unpaired) electrons. The number of piperidine rings is 1. The molecule has 1 N–H and O–H groups in total. The summed E-state index contributed by atoms with van der Waals surface area (Å²) >= 11 is 0. The summed E-state index contributed by atoms with van der Waals surface area (Å²) < 4.78 is 19.2. The second kappa shape index (κ2) is 7.62. The number of imidazole rings is 1. The van der Waals surface area contributed by atoms with Crippen LogP contribution in [0.3, 0.4) is 0 Å². The Kier molecular flexibility index (Phi) is 5.03. The number of nitrogens with one attached hydrogen (secondary N) is 1. The van der Waals surface area contributed by atoms with Crippen molar-refractivity contribution < 1.29 is 13.9 Å². The first-order chi connectivity index (χ1) is 13.5. The fraction of sp³-hybridized carbons (Fsp3) is 0.364. The quantitative estimate of drug-likeness (QED) is 0.740. The number of aryl methyl sites for hydroxylation is 2. The number of halogens is 1. The molecule has 2 heterocycles. The minimum absolute atomic E-state index is 0.00720. The van der Waals surface area contributed by atoms with Crippen molar-refractivity contribution in [1.82, 2.24) is 14.9 Å². The summed E-state index contributed by atoms with van der Waals surface area (Å²) in [6, 6.07) is 10.5. The predicted molar refractivity (Wildman–Crippen MR) is 106 cm³/mol. The summed E-state index contributed by atoms with van der Waals surface area (Å²) in [5.41, 5.74) is 3.56. The SMILES string of the molecule is Cc1cccc(C)c1OCC(=O)N1CCC(c2nc3ccc(F)cc3[nH]2)CC1. The molecule has 0 saturated carbocycles. The van der Waals surface area contributed by atoms with Crippen LogP contribution in [0.5, 0.6) is 5.75 Å². The number of amides is 1. The van der Waals surface area contributed by atoms with Crippen molar-refractivity contribution in [3.05, 3.63) is 59.2 Å². The highest BCUT2D eigenvalue weighted by Gasteiger charge is 2.26. The fourth-order valence-electron chi connectivity index (χ4n) is 3.85. The highest BCUT2D eigenvalue weighted by molar-refractivity contribution is 5.78. The number of aromatic nitrogens is 2. The lowest BCUT2D eigenvalue weighted by molar-refractivity contribution is -0.134. The van der Waals surface area contributed by atoms with E-state index in [0.29, 0.717) is 13.1 Å². The van der Waals surface area contributed by atoms with Crippen LogP contribution in [0, 0.1) is 19.7 Å². The molecule has 0 atom stereocenters. The molecule has 0 bridgehead atoms. The first-order valence-corrected chi connectivity index (χ1v) is 9.63. The van der Waals surface area contributed by atoms with Gasteiger partial charge in [-0.3, -0.25) is 4.79 Å². The monoisotopic (exact) mass is 381 g/mol. The molecule has 1 saturated heterocycles. The highest BCUT2D eigenvalue weighted by atomic mass is 19.1. The number of benzene rings is 2. The van der Waals surface area contributed by atoms with Gasteiger partial charge in [0.15, 0.2) is 6.61 Å². The Labute approximate surface area is 163 Å². The zero-order chi connectivity index (χ0) is 19.7. The predicted octanol–water partition coefficient (Wildman–Crippen LogP) is 4.10. The molecule has 3 aromatic rings. The average molecular weight is 381 g/mol. The van der Waals surface area contributed by atoms with Crippen molar-refractivity contribution in [2.24, 2.45) is 0 Å². The van der Waals surface area contributed by atoms with Gasteiger partial charge in [-0.2, -0.15) is 0 Å². The maximum Gasteiger partial charge on any atom is 0.260 e. The maximum atomic E-state index is 13.4. The number of fused-ring (bicyclic) bond motifs is 1. The van der Waals surface area contributed by atoms with Gasteiger partial charge in [-0.15, -0.1) is 0 Å². The largest absolute Gasteiger partial charge is 0.483 e. The van der Waals surface area contributed by atoms with Gasteiger partial charge in [0.2, 0.25) is 0 Å². The van der Waals surface area contributed by atoms with Gasteiger partial charge in [-0.05, 0) is 56.0 Å². The van der Waals surface area contributed by atoms with Crippen molar-refractivity contribution in [1.29, 1.82) is 0 Å². The Balaban J connectivity index is 1.34. The van der Waals surface area contributed by atoms with E-state index in [0.717, 1.165) is 46.6 Å². The van der Waals surface area contributed by atoms with Crippen LogP contribution in [0.4, 0.5) is 4.39 Å². The third-order valence-electron chi connectivity index (χ3n) is 5.45. The summed E-state index contributed by atoms with van der Waals surface area (Å²) in [6.07, 6.45) is 1.66. The number of rotatable bonds is 4. The van der Waals surface area contributed by atoms with E-state index in [1.165, 1.54) is 12.1 Å². The number of aromatic amines is 1. The summed E-state index contributed by atoms with van der Waals surface area (Å²) in [6.45, 7) is 5.37. The minimum Gasteiger partial charge on any atom is -0.483 e. The van der Waals surface area contributed by atoms with E-state index >= 15 is 0 Å². The number of likely N-dealkylation sites (tertiary alicyclic amines) is 1. The van der Waals surface area contributed by atoms with Gasteiger partial charge in [-0.25, -0.2) is 9.37 Å². The van der Waals surface area contributed by atoms with Crippen LogP contribution >= 0.6 is 0 Å². The molecule has 5 nitrogen and oxygen atoms in total. The summed E-state index contributed by atoms with van der Waals surface area (Å²) in [7, 11) is 0. The molecule has 0 aliphatic carbocycles. The number of para-hydroxylation sites is 1. The Morgan fingerprint density at radius 1 is 1.21 bits per heavy atom. The molecule has 146 valence electrons. The van der Waals surface area contributed by atoms with Crippen LogP contribution < -0.4 is 4.74 Å². The lowest BCUT2D eigenvalue weighted by atomic mass is 9.96. The van der Waals surface area contributed by atoms with E-state index in [2.05, 4.69) is 9.97 Å². The first-order valence-electron chi connectivity index (χ1n) is 9.63. The van der Waals surface area contributed by atoms with Gasteiger partial charge in [0.05, 0.1) is 11.0 Å². The van der Waals surface area contributed by atoms with E-state index in [1.807, 2.05) is 36.9 Å². The molecule has 1 fully saturated rings. The molecule has 6 heteroatoms. The van der Waals surface area contributed by atoms with Crippen LogP contribution in [0.2, 0.25) is 0 Å². The molecular formula is C22H24FN3O2. The van der Waals surface area contributed by atoms with Gasteiger partial charge in [0, 0.05) is 19.0 Å². The molecule has 1 aromatic heterocycles. The van der Waals surface area contributed by atoms with Crippen LogP contribution in [-0.4, -0.2) is 40.5 Å². The zero-order valence-electron chi connectivity index (χ0n) is 16.2. The topological polar surface area (TPSA) is 58.2 Å². The number of carbonyl (C=O) groups is 1. The normalized spacial score (nSPS) is 15.2. The molecule has 1 aliphatic rings. The molecule has 1 amide bonds. The summed E-state index contributed by atoms with van der Waals surface area (Å²) in [4.78, 5) is 22.2. The van der Waals surface area contributed by atoms with Crippen LogP contribution in [0.15, 0.2) is 36.4 Å². The number of hydrogen-bond donors (Lipinski definition) is 1. The van der Waals surface area contributed by atoms with Crippen molar-refractivity contribution >= 4 is 16.9 Å². The Morgan fingerprint density at radius 2 is 1.93 bits per heavy atom. The van der Waals surface area contributed by atoms with Gasteiger partial charge in [0.1, 0.15) is 17.4 Å². The number of nitrogens with zero attached hydrogens (tertiary/aromatic N) is 2. The fourth-order valence-corrected chi connectivity index (χ4v) is 3.85. The number of H-pyrrole nitrogens is 1. The molecule has 4 rings (SSSR count). The van der Waals surface area contributed by atoms with Gasteiger partial charge in [-0.1, -0.05) is 18.2 Å². The van der Waals surface area contributed by atoms with E-state index in [-0.39, 0.29) is 24.2 Å². The van der Waals surface area contributed by atoms with Crippen LogP contribution in [0.1, 0.15) is 35.7 Å². The lowest BCUT2D eigenvalue weighted by Crippen LogP contribution is -2.40. The molecule has 0 unspecified atom stereocenters. The summed E-state index contributed by atoms with van der Waals surface area (Å²) in [5, 5.41) is 0. The van der Waals surface area contributed by atoms with Gasteiger partial charge >= 0.3 is 0 Å². The lowest BCUT2D eigenvalue weighted by Gasteiger charge is -2.31. The highest BCUT2D eigenvalue weighted by Crippen LogP contribution is 2.28. The molecular weight excluding hydrogens is 357 g/mol. The van der Waals surface area contributed by atoms with E-state index < -0.39 is 0 Å². The van der Waals surface area contributed by atoms with E-state index in [4.69, 9.17) is 4.74 Å². The van der Waals surface area contributed by atoms with Crippen LogP contribution in [0.25, 0.3) is 11.0 Å². The van der Waals surface area contributed by atoms with Gasteiger partial charge in [0.25, 0.3) is 5.91 Å². The Hall–Kier alpha value is -2.89. The van der Waals surface area contributed by atoms with Crippen molar-refractivity contribution in [3.63, 3.8) is 0 Å². The minimum atomic E-state index is -0.271. The Bertz CT molecular complexity index is 986. The zero-order valence-corrected chi connectivity index (χ0v) is 16.2. The first kappa shape index (κ1) is 18.5. The maximum absolute atomic E-state index is 13.4. The number of ether oxygens (including phenoxy) is 1. The second-order valence-corrected chi connectivity index (χ2v) is 7.45. The van der Waals surface area contributed by atoms with E-state index in [9.17, 15) is 9.18 Å². The van der Waals surface area contributed by atoms with Crippen molar-refractivity contribution in [2.75, 3.05) is 19.7 Å².